The van der Waals surface area contributed by atoms with E-state index in [1.807, 2.05) is 0 Å². The first-order valence-corrected chi connectivity index (χ1v) is 6.63. The van der Waals surface area contributed by atoms with E-state index in [2.05, 4.69) is 15.3 Å². The van der Waals surface area contributed by atoms with Crippen molar-refractivity contribution in [2.75, 3.05) is 11.9 Å². The van der Waals surface area contributed by atoms with Gasteiger partial charge in [0.05, 0.1) is 0 Å². The zero-order chi connectivity index (χ0) is 13.7. The van der Waals surface area contributed by atoms with Gasteiger partial charge in [-0.05, 0) is 37.0 Å². The lowest BCUT2D eigenvalue weighted by molar-refractivity contribution is -0.144. The molecule has 3 nitrogen and oxygen atoms in total. The molecule has 2 aliphatic rings. The number of hydrogen-bond acceptors (Lipinski definition) is 3. The van der Waals surface area contributed by atoms with Crippen LogP contribution in [0.15, 0.2) is 6.07 Å². The van der Waals surface area contributed by atoms with Crippen molar-refractivity contribution < 1.29 is 13.2 Å². The number of nitrogens with one attached hydrogen (secondary N) is 1. The van der Waals surface area contributed by atoms with Crippen LogP contribution in [0.3, 0.4) is 0 Å². The van der Waals surface area contributed by atoms with Crippen LogP contribution in [-0.4, -0.2) is 16.5 Å². The number of alkyl halides is 3. The molecule has 7 heteroatoms. The third-order valence-corrected chi connectivity index (χ3v) is 4.10. The van der Waals surface area contributed by atoms with Crippen LogP contribution in [0.1, 0.15) is 31.5 Å². The normalized spacial score (nSPS) is 21.3. The average molecular weight is 292 g/mol. The molecule has 1 N–H and O–H groups in total. The lowest BCUT2D eigenvalue weighted by atomic mass is 10.0. The lowest BCUT2D eigenvalue weighted by Gasteiger charge is -2.16. The van der Waals surface area contributed by atoms with Gasteiger partial charge in [0.15, 0.2) is 0 Å². The second-order valence-electron chi connectivity index (χ2n) is 5.39. The van der Waals surface area contributed by atoms with Gasteiger partial charge in [-0.2, -0.15) is 13.2 Å². The van der Waals surface area contributed by atoms with Gasteiger partial charge in [0, 0.05) is 12.6 Å². The molecule has 0 bridgehead atoms. The molecule has 0 spiro atoms. The first-order valence-electron chi connectivity index (χ1n) is 6.25. The van der Waals surface area contributed by atoms with Gasteiger partial charge in [0.2, 0.25) is 5.82 Å². The molecule has 0 aliphatic heterocycles. The molecule has 0 amide bonds. The van der Waals surface area contributed by atoms with Gasteiger partial charge in [0.25, 0.3) is 0 Å². The summed E-state index contributed by atoms with van der Waals surface area (Å²) in [5.74, 6) is -0.308. The first-order chi connectivity index (χ1) is 8.89. The quantitative estimate of drug-likeness (QED) is 0.859. The molecule has 1 heterocycles. The van der Waals surface area contributed by atoms with Crippen LogP contribution in [0.5, 0.6) is 0 Å². The largest absolute Gasteiger partial charge is 0.451 e. The fraction of sp³-hybridized carbons (Fsp3) is 0.667. The predicted molar refractivity (Wildman–Crippen MR) is 64.9 cm³/mol. The van der Waals surface area contributed by atoms with Gasteiger partial charge < -0.3 is 5.32 Å². The summed E-state index contributed by atoms with van der Waals surface area (Å²) in [6.07, 6.45) is 0.195. The minimum atomic E-state index is -4.57. The van der Waals surface area contributed by atoms with Crippen molar-refractivity contribution in [3.05, 3.63) is 17.0 Å². The molecule has 2 fully saturated rings. The van der Waals surface area contributed by atoms with Crippen LogP contribution in [-0.2, 0) is 6.18 Å². The monoisotopic (exact) mass is 291 g/mol. The Morgan fingerprint density at radius 3 is 2.53 bits per heavy atom. The van der Waals surface area contributed by atoms with Gasteiger partial charge in [-0.25, -0.2) is 9.97 Å². The fourth-order valence-corrected chi connectivity index (χ4v) is 2.67. The Morgan fingerprint density at radius 2 is 2.00 bits per heavy atom. The van der Waals surface area contributed by atoms with Crippen molar-refractivity contribution in [1.29, 1.82) is 0 Å². The zero-order valence-corrected chi connectivity index (χ0v) is 10.9. The van der Waals surface area contributed by atoms with E-state index in [1.165, 1.54) is 18.9 Å². The van der Waals surface area contributed by atoms with Crippen LogP contribution >= 0.6 is 11.6 Å². The molecule has 0 saturated heterocycles. The SMILES string of the molecule is FC(F)(F)c1nc(Cl)cc(NCC2(C3CC3)CC2)n1. The number of halogens is 4. The Balaban J connectivity index is 1.72. The second kappa shape index (κ2) is 4.23. The number of aromatic nitrogens is 2. The molecule has 1 aromatic heterocycles. The Kier molecular flexibility index (Phi) is 2.89. The summed E-state index contributed by atoms with van der Waals surface area (Å²) in [5, 5.41) is 2.79. The second-order valence-corrected chi connectivity index (χ2v) is 5.77. The van der Waals surface area contributed by atoms with Crippen LogP contribution in [0.25, 0.3) is 0 Å². The summed E-state index contributed by atoms with van der Waals surface area (Å²) in [5.41, 5.74) is 0.288. The van der Waals surface area contributed by atoms with E-state index in [1.54, 1.807) is 0 Å². The Labute approximate surface area is 113 Å². The fourth-order valence-electron chi connectivity index (χ4n) is 2.49. The number of rotatable bonds is 4. The molecule has 0 unspecified atom stereocenters. The summed E-state index contributed by atoms with van der Waals surface area (Å²) in [7, 11) is 0. The molecule has 1 aromatic rings. The van der Waals surface area contributed by atoms with Crippen molar-refractivity contribution in [1.82, 2.24) is 9.97 Å². The highest BCUT2D eigenvalue weighted by atomic mass is 35.5. The van der Waals surface area contributed by atoms with Crippen molar-refractivity contribution >= 4 is 17.4 Å². The van der Waals surface area contributed by atoms with Gasteiger partial charge in [-0.3, -0.25) is 0 Å². The third-order valence-electron chi connectivity index (χ3n) is 3.91. The first kappa shape index (κ1) is 13.0. The van der Waals surface area contributed by atoms with E-state index in [9.17, 15) is 13.2 Å². The maximum Gasteiger partial charge on any atom is 0.451 e. The maximum atomic E-state index is 12.6. The Morgan fingerprint density at radius 1 is 1.32 bits per heavy atom. The molecule has 3 rings (SSSR count). The van der Waals surface area contributed by atoms with E-state index in [0.717, 1.165) is 18.8 Å². The highest BCUT2D eigenvalue weighted by molar-refractivity contribution is 6.29. The molecule has 0 radical (unpaired) electrons. The molecular weight excluding hydrogens is 279 g/mol. The van der Waals surface area contributed by atoms with E-state index >= 15 is 0 Å². The standard InChI is InChI=1S/C12H13ClF3N3/c13-8-5-9(19-10(18-8)12(14,15)16)17-6-11(3-4-11)7-1-2-7/h5,7H,1-4,6H2,(H,17,18,19). The van der Waals surface area contributed by atoms with Crippen LogP contribution in [0.2, 0.25) is 5.15 Å². The molecule has 0 aromatic carbocycles. The van der Waals surface area contributed by atoms with Crippen LogP contribution in [0.4, 0.5) is 19.0 Å². The van der Waals surface area contributed by atoms with Crippen molar-refractivity contribution in [2.24, 2.45) is 11.3 Å². The topological polar surface area (TPSA) is 37.8 Å². The predicted octanol–water partition coefficient (Wildman–Crippen LogP) is 3.75. The minimum absolute atomic E-state index is 0.152. The van der Waals surface area contributed by atoms with E-state index in [4.69, 9.17) is 11.6 Å². The van der Waals surface area contributed by atoms with Crippen LogP contribution < -0.4 is 5.32 Å². The Bertz CT molecular complexity index is 495. The maximum absolute atomic E-state index is 12.6. The van der Waals surface area contributed by atoms with E-state index in [-0.39, 0.29) is 16.4 Å². The number of hydrogen-bond donors (Lipinski definition) is 1. The average Bonchev–Trinajstić information content (AvgIpc) is 3.16. The third kappa shape index (κ3) is 2.78. The smallest absolute Gasteiger partial charge is 0.369 e. The van der Waals surface area contributed by atoms with Crippen molar-refractivity contribution in [3.63, 3.8) is 0 Å². The summed E-state index contributed by atoms with van der Waals surface area (Å²) < 4.78 is 37.7. The van der Waals surface area contributed by atoms with Crippen LogP contribution in [0, 0.1) is 11.3 Å². The molecule has 2 aliphatic carbocycles. The summed E-state index contributed by atoms with van der Waals surface area (Å²) in [6.45, 7) is 0.669. The highest BCUT2D eigenvalue weighted by Gasteiger charge is 2.53. The van der Waals surface area contributed by atoms with Crippen molar-refractivity contribution in [2.45, 2.75) is 31.9 Å². The van der Waals surface area contributed by atoms with Gasteiger partial charge in [0.1, 0.15) is 11.0 Å². The molecule has 0 atom stereocenters. The molecule has 19 heavy (non-hydrogen) atoms. The Hall–Kier alpha value is -1.04. The van der Waals surface area contributed by atoms with Gasteiger partial charge in [-0.15, -0.1) is 0 Å². The molecule has 2 saturated carbocycles. The number of anilines is 1. The lowest BCUT2D eigenvalue weighted by Crippen LogP contribution is -2.19. The summed E-state index contributed by atoms with van der Waals surface area (Å²) >= 11 is 5.61. The van der Waals surface area contributed by atoms with Gasteiger partial charge >= 0.3 is 6.18 Å². The van der Waals surface area contributed by atoms with E-state index in [0.29, 0.717) is 6.54 Å². The number of nitrogens with zero attached hydrogens (tertiary/aromatic N) is 2. The summed E-state index contributed by atoms with van der Waals surface area (Å²) in [6, 6.07) is 1.33. The molecular formula is C12H13ClF3N3. The minimum Gasteiger partial charge on any atom is -0.369 e. The highest BCUT2D eigenvalue weighted by Crippen LogP contribution is 2.61. The zero-order valence-electron chi connectivity index (χ0n) is 10.1. The van der Waals surface area contributed by atoms with E-state index < -0.39 is 12.0 Å². The molecule has 104 valence electrons. The van der Waals surface area contributed by atoms with Crippen molar-refractivity contribution in [3.8, 4) is 0 Å². The van der Waals surface area contributed by atoms with Gasteiger partial charge in [-0.1, -0.05) is 11.6 Å². The summed E-state index contributed by atoms with van der Waals surface area (Å²) in [4.78, 5) is 6.69.